The van der Waals surface area contributed by atoms with E-state index in [-0.39, 0.29) is 0 Å². The third kappa shape index (κ3) is 5.52. The molecular formula is C57H33N3O2. The summed E-state index contributed by atoms with van der Waals surface area (Å²) < 4.78 is 12.7. The van der Waals surface area contributed by atoms with Crippen molar-refractivity contribution in [1.29, 1.82) is 0 Å². The SMILES string of the molecule is c1ccc(-c2nc(-c3cccc(-c4cccc5oc6ccc(-c7ccc8ccc9c%10ccccc%10ccc9c8c7)cc6c45)c3)nc(-c3ccc4oc5ccccc5c4c3)n2)cc1. The maximum Gasteiger partial charge on any atom is 0.164 e. The number of fused-ring (bicyclic) bond motifs is 11. The Labute approximate surface area is 355 Å². The Hall–Kier alpha value is -8.41. The van der Waals surface area contributed by atoms with Crippen LogP contribution in [0.5, 0.6) is 0 Å². The second-order valence-corrected chi connectivity index (χ2v) is 15.9. The molecule has 0 unspecified atom stereocenters. The van der Waals surface area contributed by atoms with Crippen LogP contribution in [-0.4, -0.2) is 15.0 Å². The molecule has 5 heteroatoms. The molecule has 0 fully saturated rings. The lowest BCUT2D eigenvalue weighted by atomic mass is 9.93. The number of aromatic nitrogens is 3. The summed E-state index contributed by atoms with van der Waals surface area (Å²) in [5.74, 6) is 1.80. The van der Waals surface area contributed by atoms with E-state index >= 15 is 0 Å². The van der Waals surface area contributed by atoms with Crippen molar-refractivity contribution >= 4 is 76.2 Å². The number of hydrogen-bond acceptors (Lipinski definition) is 5. The zero-order chi connectivity index (χ0) is 40.7. The fourth-order valence-electron chi connectivity index (χ4n) is 9.29. The van der Waals surface area contributed by atoms with Crippen molar-refractivity contribution in [1.82, 2.24) is 15.0 Å². The first-order valence-corrected chi connectivity index (χ1v) is 20.8. The molecule has 288 valence electrons. The first kappa shape index (κ1) is 34.5. The van der Waals surface area contributed by atoms with Crippen LogP contribution in [0.25, 0.3) is 133 Å². The predicted octanol–water partition coefficient (Wildman–Crippen LogP) is 15.5. The number of furan rings is 2. The van der Waals surface area contributed by atoms with Crippen LogP contribution in [0.2, 0.25) is 0 Å². The Morgan fingerprint density at radius 3 is 1.61 bits per heavy atom. The lowest BCUT2D eigenvalue weighted by Crippen LogP contribution is -2.00. The molecule has 10 aromatic carbocycles. The molecule has 0 radical (unpaired) electrons. The molecule has 3 aromatic heterocycles. The van der Waals surface area contributed by atoms with E-state index in [1.54, 1.807) is 0 Å². The highest BCUT2D eigenvalue weighted by Gasteiger charge is 2.18. The minimum absolute atomic E-state index is 0.594. The lowest BCUT2D eigenvalue weighted by Gasteiger charge is -2.11. The fraction of sp³-hybridized carbons (Fsp3) is 0. The van der Waals surface area contributed by atoms with Gasteiger partial charge in [0.2, 0.25) is 0 Å². The van der Waals surface area contributed by atoms with Gasteiger partial charge in [0.1, 0.15) is 22.3 Å². The molecule has 0 bridgehead atoms. The van der Waals surface area contributed by atoms with Crippen molar-refractivity contribution in [3.8, 4) is 56.4 Å². The first-order chi connectivity index (χ1) is 30.7. The maximum absolute atomic E-state index is 6.53. The van der Waals surface area contributed by atoms with Gasteiger partial charge >= 0.3 is 0 Å². The smallest absolute Gasteiger partial charge is 0.164 e. The molecule has 0 aliphatic heterocycles. The second kappa shape index (κ2) is 13.6. The number of para-hydroxylation sites is 1. The average Bonchev–Trinajstić information content (AvgIpc) is 3.91. The van der Waals surface area contributed by atoms with Crippen LogP contribution in [0.1, 0.15) is 0 Å². The highest BCUT2D eigenvalue weighted by atomic mass is 16.3. The van der Waals surface area contributed by atoms with Crippen molar-refractivity contribution in [2.45, 2.75) is 0 Å². The van der Waals surface area contributed by atoms with E-state index in [1.165, 1.54) is 32.3 Å². The highest BCUT2D eigenvalue weighted by Crippen LogP contribution is 2.41. The van der Waals surface area contributed by atoms with E-state index in [2.05, 4.69) is 140 Å². The van der Waals surface area contributed by atoms with Crippen LogP contribution in [0, 0.1) is 0 Å². The summed E-state index contributed by atoms with van der Waals surface area (Å²) in [6, 6.07) is 70.1. The highest BCUT2D eigenvalue weighted by molar-refractivity contribution is 6.18. The third-order valence-corrected chi connectivity index (χ3v) is 12.3. The Bertz CT molecular complexity index is 3940. The maximum atomic E-state index is 6.53. The minimum Gasteiger partial charge on any atom is -0.456 e. The molecule has 0 aliphatic rings. The Balaban J connectivity index is 0.937. The third-order valence-electron chi connectivity index (χ3n) is 12.3. The summed E-state index contributed by atoms with van der Waals surface area (Å²) in [6.45, 7) is 0. The van der Waals surface area contributed by atoms with E-state index in [4.69, 9.17) is 23.8 Å². The van der Waals surface area contributed by atoms with Crippen LogP contribution in [0.3, 0.4) is 0 Å². The van der Waals surface area contributed by atoms with Crippen LogP contribution in [0.4, 0.5) is 0 Å². The van der Waals surface area contributed by atoms with Gasteiger partial charge in [-0.2, -0.15) is 0 Å². The van der Waals surface area contributed by atoms with Gasteiger partial charge in [0, 0.05) is 38.2 Å². The summed E-state index contributed by atoms with van der Waals surface area (Å²) in [4.78, 5) is 15.2. The molecule has 0 N–H and O–H groups in total. The quantitative estimate of drug-likeness (QED) is 0.162. The Kier molecular flexibility index (Phi) is 7.54. The molecule has 0 spiro atoms. The fourth-order valence-corrected chi connectivity index (χ4v) is 9.29. The average molecular weight is 792 g/mol. The molecule has 3 heterocycles. The molecule has 0 amide bonds. The second-order valence-electron chi connectivity index (χ2n) is 15.9. The summed E-state index contributed by atoms with van der Waals surface area (Å²) in [5.41, 5.74) is 10.5. The van der Waals surface area contributed by atoms with Gasteiger partial charge in [-0.1, -0.05) is 146 Å². The molecule has 13 rings (SSSR count). The van der Waals surface area contributed by atoms with E-state index in [9.17, 15) is 0 Å². The standard InChI is InChI=1S/C57H33N3O2/c1-2-11-36(12-3-1)55-58-56(60-57(59-55)41-25-29-51-48(33-41)46-16-6-7-18-50(46)61-51)40-14-8-13-39(30-40)43-17-9-19-53-54(43)49-32-38(24-28-52(49)62-53)37-21-20-35-23-26-44-42-15-5-4-10-34(42)22-27-45(44)47(35)31-37/h1-33H. The van der Waals surface area contributed by atoms with Crippen LogP contribution in [-0.2, 0) is 0 Å². The van der Waals surface area contributed by atoms with E-state index in [0.29, 0.717) is 17.5 Å². The number of nitrogens with zero attached hydrogens (tertiary/aromatic N) is 3. The van der Waals surface area contributed by atoms with Crippen molar-refractivity contribution in [2.24, 2.45) is 0 Å². The summed E-state index contributed by atoms with van der Waals surface area (Å²) in [6.07, 6.45) is 0. The first-order valence-electron chi connectivity index (χ1n) is 20.8. The van der Waals surface area contributed by atoms with Crippen molar-refractivity contribution in [3.63, 3.8) is 0 Å². The number of benzene rings is 10. The summed E-state index contributed by atoms with van der Waals surface area (Å²) in [5, 5.41) is 11.7. The van der Waals surface area contributed by atoms with Gasteiger partial charge in [-0.3, -0.25) is 0 Å². The van der Waals surface area contributed by atoms with Gasteiger partial charge in [0.05, 0.1) is 0 Å². The topological polar surface area (TPSA) is 65.0 Å². The van der Waals surface area contributed by atoms with Crippen molar-refractivity contribution in [3.05, 3.63) is 200 Å². The molecule has 13 aromatic rings. The molecule has 0 aliphatic carbocycles. The molecule has 0 saturated heterocycles. The predicted molar refractivity (Wildman–Crippen MR) is 254 cm³/mol. The normalized spacial score (nSPS) is 11.9. The van der Waals surface area contributed by atoms with Crippen LogP contribution in [0.15, 0.2) is 209 Å². The zero-order valence-electron chi connectivity index (χ0n) is 33.2. The molecule has 5 nitrogen and oxygen atoms in total. The van der Waals surface area contributed by atoms with E-state index in [1.807, 2.05) is 60.7 Å². The molecule has 62 heavy (non-hydrogen) atoms. The van der Waals surface area contributed by atoms with Crippen LogP contribution < -0.4 is 0 Å². The van der Waals surface area contributed by atoms with Crippen molar-refractivity contribution in [2.75, 3.05) is 0 Å². The molecule has 0 atom stereocenters. The van der Waals surface area contributed by atoms with Crippen LogP contribution >= 0.6 is 0 Å². The van der Waals surface area contributed by atoms with Gasteiger partial charge in [-0.25, -0.2) is 15.0 Å². The van der Waals surface area contributed by atoms with Gasteiger partial charge in [0.15, 0.2) is 17.5 Å². The molecular weight excluding hydrogens is 759 g/mol. The Morgan fingerprint density at radius 1 is 0.258 bits per heavy atom. The van der Waals surface area contributed by atoms with Gasteiger partial charge < -0.3 is 8.83 Å². The zero-order valence-corrected chi connectivity index (χ0v) is 33.2. The minimum atomic E-state index is 0.594. The van der Waals surface area contributed by atoms with Gasteiger partial charge in [-0.15, -0.1) is 0 Å². The monoisotopic (exact) mass is 791 g/mol. The van der Waals surface area contributed by atoms with Gasteiger partial charge in [-0.05, 0) is 109 Å². The largest absolute Gasteiger partial charge is 0.456 e. The summed E-state index contributed by atoms with van der Waals surface area (Å²) >= 11 is 0. The lowest BCUT2D eigenvalue weighted by molar-refractivity contribution is 0.668. The number of rotatable bonds is 5. The van der Waals surface area contributed by atoms with E-state index < -0.39 is 0 Å². The Morgan fingerprint density at radius 2 is 0.774 bits per heavy atom. The number of hydrogen-bond donors (Lipinski definition) is 0. The van der Waals surface area contributed by atoms with Crippen molar-refractivity contribution < 1.29 is 8.83 Å². The summed E-state index contributed by atoms with van der Waals surface area (Å²) in [7, 11) is 0. The molecule has 0 saturated carbocycles. The van der Waals surface area contributed by atoms with Gasteiger partial charge in [0.25, 0.3) is 0 Å². The van der Waals surface area contributed by atoms with E-state index in [0.717, 1.165) is 82.8 Å².